The summed E-state index contributed by atoms with van der Waals surface area (Å²) in [6.45, 7) is 0. The van der Waals surface area contributed by atoms with Gasteiger partial charge in [0.1, 0.15) is 12.7 Å². The maximum absolute atomic E-state index is 11.0. The van der Waals surface area contributed by atoms with Crippen molar-refractivity contribution in [1.29, 1.82) is 0 Å². The van der Waals surface area contributed by atoms with Gasteiger partial charge in [-0.3, -0.25) is 10.1 Å². The second-order valence-electron chi connectivity index (χ2n) is 4.14. The molecule has 0 spiro atoms. The molecule has 0 radical (unpaired) electrons. The Kier molecular flexibility index (Phi) is 3.26. The van der Waals surface area contributed by atoms with Gasteiger partial charge in [-0.1, -0.05) is 6.07 Å². The first kappa shape index (κ1) is 12.7. The largest absolute Gasteiger partial charge is 0.334 e. The lowest BCUT2D eigenvalue weighted by atomic mass is 10.2. The highest BCUT2D eigenvalue weighted by Gasteiger charge is 2.14. The van der Waals surface area contributed by atoms with Gasteiger partial charge in [0.05, 0.1) is 10.6 Å². The number of nitro groups is 1. The first-order chi connectivity index (χ1) is 10.2. The van der Waals surface area contributed by atoms with E-state index in [4.69, 9.17) is 0 Å². The van der Waals surface area contributed by atoms with Gasteiger partial charge in [0.2, 0.25) is 5.82 Å². The van der Waals surface area contributed by atoms with Gasteiger partial charge in [0, 0.05) is 18.0 Å². The van der Waals surface area contributed by atoms with Crippen molar-refractivity contribution in [3.8, 4) is 5.69 Å². The predicted molar refractivity (Wildman–Crippen MR) is 75.5 cm³/mol. The molecule has 2 heterocycles. The van der Waals surface area contributed by atoms with Gasteiger partial charge in [-0.05, 0) is 24.3 Å². The Morgan fingerprint density at radius 2 is 2.14 bits per heavy atom. The Morgan fingerprint density at radius 1 is 1.24 bits per heavy atom. The summed E-state index contributed by atoms with van der Waals surface area (Å²) in [5.74, 6) is 0.193. The average Bonchev–Trinajstić information content (AvgIpc) is 3.02. The van der Waals surface area contributed by atoms with E-state index >= 15 is 0 Å². The third-order valence-corrected chi connectivity index (χ3v) is 2.78. The normalized spacial score (nSPS) is 10.3. The number of nitrogens with one attached hydrogen (secondary N) is 1. The van der Waals surface area contributed by atoms with Crippen molar-refractivity contribution in [3.63, 3.8) is 0 Å². The van der Waals surface area contributed by atoms with Crippen LogP contribution in [0.4, 0.5) is 17.2 Å². The quantitative estimate of drug-likeness (QED) is 0.582. The summed E-state index contributed by atoms with van der Waals surface area (Å²) in [6, 6.07) is 10.2. The molecule has 0 atom stereocenters. The van der Waals surface area contributed by atoms with Crippen LogP contribution < -0.4 is 5.32 Å². The van der Waals surface area contributed by atoms with Crippen LogP contribution in [0.2, 0.25) is 0 Å². The molecule has 0 aliphatic carbocycles. The van der Waals surface area contributed by atoms with Crippen LogP contribution in [-0.4, -0.2) is 24.7 Å². The summed E-state index contributed by atoms with van der Waals surface area (Å²) in [4.78, 5) is 18.4. The lowest BCUT2D eigenvalue weighted by Crippen LogP contribution is -2.00. The maximum atomic E-state index is 11.0. The van der Waals surface area contributed by atoms with Gasteiger partial charge in [0.25, 0.3) is 0 Å². The number of aromatic nitrogens is 4. The number of hydrogen-bond donors (Lipinski definition) is 1. The third-order valence-electron chi connectivity index (χ3n) is 2.78. The molecule has 0 fully saturated rings. The summed E-state index contributed by atoms with van der Waals surface area (Å²) in [6.07, 6.45) is 4.50. The van der Waals surface area contributed by atoms with Gasteiger partial charge < -0.3 is 5.32 Å². The third kappa shape index (κ3) is 2.68. The van der Waals surface area contributed by atoms with Gasteiger partial charge in [0.15, 0.2) is 0 Å². The zero-order valence-electron chi connectivity index (χ0n) is 10.7. The Balaban J connectivity index is 1.93. The molecular formula is C13H10N6O2. The summed E-state index contributed by atoms with van der Waals surface area (Å²) < 4.78 is 1.60. The Bertz CT molecular complexity index is 772. The highest BCUT2D eigenvalue weighted by atomic mass is 16.6. The molecule has 8 nitrogen and oxygen atoms in total. The highest BCUT2D eigenvalue weighted by Crippen LogP contribution is 2.25. The smallest absolute Gasteiger partial charge is 0.311 e. The summed E-state index contributed by atoms with van der Waals surface area (Å²) in [5, 5.41) is 17.9. The molecule has 0 saturated heterocycles. The zero-order valence-corrected chi connectivity index (χ0v) is 10.7. The van der Waals surface area contributed by atoms with Crippen LogP contribution in [0.3, 0.4) is 0 Å². The second kappa shape index (κ2) is 5.37. The first-order valence-electron chi connectivity index (χ1n) is 6.05. The van der Waals surface area contributed by atoms with Crippen LogP contribution in [0.5, 0.6) is 0 Å². The molecule has 3 aromatic rings. The Labute approximate surface area is 119 Å². The summed E-state index contributed by atoms with van der Waals surface area (Å²) >= 11 is 0. The van der Waals surface area contributed by atoms with Crippen molar-refractivity contribution in [2.45, 2.75) is 0 Å². The molecule has 3 rings (SSSR count). The monoisotopic (exact) mass is 282 g/mol. The maximum Gasteiger partial charge on any atom is 0.311 e. The molecule has 8 heteroatoms. The van der Waals surface area contributed by atoms with E-state index in [0.717, 1.165) is 5.69 Å². The lowest BCUT2D eigenvalue weighted by Gasteiger charge is -2.07. The second-order valence-corrected chi connectivity index (χ2v) is 4.14. The van der Waals surface area contributed by atoms with Crippen molar-refractivity contribution in [2.75, 3.05) is 5.32 Å². The standard InChI is InChI=1S/C13H10N6O2/c20-19(21)12-5-2-6-15-13(12)17-10-3-1-4-11(7-10)18-9-14-8-16-18/h1-9H,(H,15,17). The van der Waals surface area contributed by atoms with Crippen LogP contribution >= 0.6 is 0 Å². The minimum atomic E-state index is -0.476. The van der Waals surface area contributed by atoms with Crippen LogP contribution in [0, 0.1) is 10.1 Å². The number of pyridine rings is 1. The van der Waals surface area contributed by atoms with E-state index in [-0.39, 0.29) is 11.5 Å². The highest BCUT2D eigenvalue weighted by molar-refractivity contribution is 5.66. The Hall–Kier alpha value is -3.29. The van der Waals surface area contributed by atoms with Crippen molar-refractivity contribution >= 4 is 17.2 Å². The van der Waals surface area contributed by atoms with E-state index in [2.05, 4.69) is 20.4 Å². The summed E-state index contributed by atoms with van der Waals surface area (Å²) in [5.41, 5.74) is 1.38. The van der Waals surface area contributed by atoms with Crippen molar-refractivity contribution in [3.05, 3.63) is 65.4 Å². The fraction of sp³-hybridized carbons (Fsp3) is 0. The minimum Gasteiger partial charge on any atom is -0.334 e. The number of anilines is 2. The van der Waals surface area contributed by atoms with E-state index in [9.17, 15) is 10.1 Å². The lowest BCUT2D eigenvalue weighted by molar-refractivity contribution is -0.384. The van der Waals surface area contributed by atoms with Gasteiger partial charge >= 0.3 is 5.69 Å². The van der Waals surface area contributed by atoms with E-state index in [1.807, 2.05) is 12.1 Å². The summed E-state index contributed by atoms with van der Waals surface area (Å²) in [7, 11) is 0. The molecular weight excluding hydrogens is 272 g/mol. The molecule has 1 aromatic carbocycles. The molecule has 0 bridgehead atoms. The van der Waals surface area contributed by atoms with Crippen molar-refractivity contribution in [2.24, 2.45) is 0 Å². The van der Waals surface area contributed by atoms with E-state index in [1.54, 1.807) is 23.1 Å². The van der Waals surface area contributed by atoms with Crippen molar-refractivity contribution < 1.29 is 4.92 Å². The fourth-order valence-electron chi connectivity index (χ4n) is 1.84. The van der Waals surface area contributed by atoms with E-state index in [1.165, 1.54) is 24.7 Å². The van der Waals surface area contributed by atoms with Crippen molar-refractivity contribution in [1.82, 2.24) is 19.7 Å². The molecule has 2 aromatic heterocycles. The molecule has 21 heavy (non-hydrogen) atoms. The SMILES string of the molecule is O=[N+]([O-])c1cccnc1Nc1cccc(-n2cncn2)c1. The first-order valence-corrected chi connectivity index (χ1v) is 6.05. The molecule has 0 aliphatic heterocycles. The molecule has 0 saturated carbocycles. The minimum absolute atomic E-state index is 0.0799. The molecule has 0 unspecified atom stereocenters. The number of benzene rings is 1. The van der Waals surface area contributed by atoms with E-state index < -0.39 is 4.92 Å². The average molecular weight is 282 g/mol. The molecule has 0 aliphatic rings. The van der Waals surface area contributed by atoms with Crippen LogP contribution in [0.1, 0.15) is 0 Å². The fourth-order valence-corrected chi connectivity index (χ4v) is 1.84. The number of nitrogens with zero attached hydrogens (tertiary/aromatic N) is 5. The topological polar surface area (TPSA) is 98.8 Å². The molecule has 0 amide bonds. The molecule has 1 N–H and O–H groups in total. The zero-order chi connectivity index (χ0) is 14.7. The Morgan fingerprint density at radius 3 is 2.90 bits per heavy atom. The molecule has 104 valence electrons. The van der Waals surface area contributed by atoms with Gasteiger partial charge in [-0.15, -0.1) is 0 Å². The number of hydrogen-bond acceptors (Lipinski definition) is 6. The van der Waals surface area contributed by atoms with Crippen LogP contribution in [-0.2, 0) is 0 Å². The predicted octanol–water partition coefficient (Wildman–Crippen LogP) is 2.31. The van der Waals surface area contributed by atoms with Crippen LogP contribution in [0.15, 0.2) is 55.2 Å². The van der Waals surface area contributed by atoms with Gasteiger partial charge in [-0.25, -0.2) is 14.6 Å². The van der Waals surface area contributed by atoms with E-state index in [0.29, 0.717) is 5.69 Å². The van der Waals surface area contributed by atoms with Crippen LogP contribution in [0.25, 0.3) is 5.69 Å². The van der Waals surface area contributed by atoms with Gasteiger partial charge in [-0.2, -0.15) is 5.10 Å². The number of rotatable bonds is 4.